The summed E-state index contributed by atoms with van der Waals surface area (Å²) in [6, 6.07) is 4.96. The summed E-state index contributed by atoms with van der Waals surface area (Å²) in [7, 11) is 0. The van der Waals surface area contributed by atoms with Crippen molar-refractivity contribution in [3.05, 3.63) is 33.8 Å². The van der Waals surface area contributed by atoms with Gasteiger partial charge in [0, 0.05) is 23.1 Å². The Labute approximate surface area is 121 Å². The van der Waals surface area contributed by atoms with Gasteiger partial charge in [0.25, 0.3) is 0 Å². The van der Waals surface area contributed by atoms with Gasteiger partial charge in [0.1, 0.15) is 0 Å². The predicted molar refractivity (Wildman–Crippen MR) is 74.4 cm³/mol. The molecule has 1 aromatic carbocycles. The Kier molecular flexibility index (Phi) is 4.32. The topological polar surface area (TPSA) is 49.4 Å². The number of carbonyl (C=O) groups excluding carboxylic acids is 2. The van der Waals surface area contributed by atoms with Crippen molar-refractivity contribution in [3.8, 4) is 0 Å². The molecule has 0 bridgehead atoms. The third kappa shape index (κ3) is 3.39. The first-order valence-corrected chi connectivity index (χ1v) is 6.76. The van der Waals surface area contributed by atoms with Crippen LogP contribution in [0.5, 0.6) is 0 Å². The minimum absolute atomic E-state index is 0.182. The number of benzene rings is 1. The Morgan fingerprint density at radius 3 is 2.79 bits per heavy atom. The fraction of sp³-hybridized carbons (Fsp3) is 0.385. The third-order valence-corrected chi connectivity index (χ3v) is 3.71. The van der Waals surface area contributed by atoms with E-state index >= 15 is 0 Å². The summed E-state index contributed by atoms with van der Waals surface area (Å²) in [5.74, 6) is -0.399. The summed E-state index contributed by atoms with van der Waals surface area (Å²) in [4.78, 5) is 24.6. The standard InChI is InChI=1S/C13H14Cl2N2O2/c1-8-7-17(13(19)16-12(8)18)5-4-9-2-3-10(14)6-11(9)15/h2-3,6,8H,4-5,7H2,1H3,(H,16,18,19). The number of hydrogen-bond donors (Lipinski definition) is 1. The number of nitrogens with zero attached hydrogens (tertiary/aromatic N) is 1. The summed E-state index contributed by atoms with van der Waals surface area (Å²) < 4.78 is 0. The minimum atomic E-state index is -0.340. The van der Waals surface area contributed by atoms with Crippen molar-refractivity contribution in [2.24, 2.45) is 5.92 Å². The molecule has 102 valence electrons. The van der Waals surface area contributed by atoms with Gasteiger partial charge in [0.2, 0.25) is 5.91 Å². The molecule has 1 aliphatic heterocycles. The SMILES string of the molecule is CC1CN(CCc2ccc(Cl)cc2Cl)C(=O)NC1=O. The van der Waals surface area contributed by atoms with E-state index in [4.69, 9.17) is 23.2 Å². The van der Waals surface area contributed by atoms with Gasteiger partial charge in [-0.15, -0.1) is 0 Å². The first kappa shape index (κ1) is 14.2. The maximum Gasteiger partial charge on any atom is 0.324 e. The molecule has 19 heavy (non-hydrogen) atoms. The van der Waals surface area contributed by atoms with Crippen LogP contribution in [0.1, 0.15) is 12.5 Å². The molecular weight excluding hydrogens is 287 g/mol. The van der Waals surface area contributed by atoms with E-state index in [-0.39, 0.29) is 17.9 Å². The van der Waals surface area contributed by atoms with Gasteiger partial charge < -0.3 is 4.90 Å². The minimum Gasteiger partial charge on any atom is -0.323 e. The van der Waals surface area contributed by atoms with E-state index < -0.39 is 0 Å². The van der Waals surface area contributed by atoms with Crippen molar-refractivity contribution in [2.75, 3.05) is 13.1 Å². The third-order valence-electron chi connectivity index (χ3n) is 3.13. The second kappa shape index (κ2) is 5.80. The van der Waals surface area contributed by atoms with Gasteiger partial charge in [0.05, 0.1) is 5.92 Å². The second-order valence-electron chi connectivity index (χ2n) is 4.63. The molecule has 1 unspecified atom stereocenters. The van der Waals surface area contributed by atoms with Gasteiger partial charge in [-0.25, -0.2) is 4.79 Å². The van der Waals surface area contributed by atoms with Crippen LogP contribution in [0.2, 0.25) is 10.0 Å². The number of amides is 3. The quantitative estimate of drug-likeness (QED) is 0.933. The van der Waals surface area contributed by atoms with Crippen LogP contribution in [0.15, 0.2) is 18.2 Å². The van der Waals surface area contributed by atoms with E-state index in [1.165, 1.54) is 0 Å². The number of urea groups is 1. The maximum atomic E-state index is 11.7. The molecule has 3 amide bonds. The lowest BCUT2D eigenvalue weighted by Gasteiger charge is -2.30. The fourth-order valence-corrected chi connectivity index (χ4v) is 2.48. The number of rotatable bonds is 3. The largest absolute Gasteiger partial charge is 0.324 e. The molecule has 1 aliphatic rings. The summed E-state index contributed by atoms with van der Waals surface area (Å²) in [5, 5.41) is 3.51. The Bertz CT molecular complexity index is 519. The molecule has 0 aromatic heterocycles. The zero-order valence-corrected chi connectivity index (χ0v) is 12.0. The van der Waals surface area contributed by atoms with E-state index in [2.05, 4.69) is 5.32 Å². The summed E-state index contributed by atoms with van der Waals surface area (Å²) >= 11 is 11.9. The van der Waals surface area contributed by atoms with Crippen LogP contribution in [-0.2, 0) is 11.2 Å². The van der Waals surface area contributed by atoms with Gasteiger partial charge in [-0.2, -0.15) is 0 Å². The summed E-state index contributed by atoms with van der Waals surface area (Å²) in [6.07, 6.45) is 0.629. The molecule has 1 atom stereocenters. The van der Waals surface area contributed by atoms with Gasteiger partial charge in [0.15, 0.2) is 0 Å². The van der Waals surface area contributed by atoms with E-state index in [9.17, 15) is 9.59 Å². The molecule has 0 saturated carbocycles. The summed E-state index contributed by atoms with van der Waals surface area (Å²) in [5.41, 5.74) is 0.934. The number of halogens is 2. The van der Waals surface area contributed by atoms with Crippen LogP contribution in [0.4, 0.5) is 4.79 Å². The first-order valence-electron chi connectivity index (χ1n) is 6.01. The fourth-order valence-electron chi connectivity index (χ4n) is 1.98. The van der Waals surface area contributed by atoms with Crippen LogP contribution < -0.4 is 5.32 Å². The first-order chi connectivity index (χ1) is 8.97. The lowest BCUT2D eigenvalue weighted by Crippen LogP contribution is -2.54. The zero-order valence-electron chi connectivity index (χ0n) is 10.5. The van der Waals surface area contributed by atoms with Crippen molar-refractivity contribution >= 4 is 35.1 Å². The number of nitrogens with one attached hydrogen (secondary N) is 1. The zero-order chi connectivity index (χ0) is 14.0. The van der Waals surface area contributed by atoms with E-state index in [0.717, 1.165) is 5.56 Å². The molecule has 4 nitrogen and oxygen atoms in total. The lowest BCUT2D eigenvalue weighted by molar-refractivity contribution is -0.125. The highest BCUT2D eigenvalue weighted by molar-refractivity contribution is 6.35. The monoisotopic (exact) mass is 300 g/mol. The normalized spacial score (nSPS) is 19.5. The molecule has 0 spiro atoms. The Balaban J connectivity index is 1.98. The van der Waals surface area contributed by atoms with Gasteiger partial charge in [-0.3, -0.25) is 10.1 Å². The Morgan fingerprint density at radius 2 is 2.11 bits per heavy atom. The van der Waals surface area contributed by atoms with Crippen LogP contribution in [0.3, 0.4) is 0 Å². The number of imide groups is 1. The molecule has 1 heterocycles. The van der Waals surface area contributed by atoms with Crippen LogP contribution in [0, 0.1) is 5.92 Å². The number of carbonyl (C=O) groups is 2. The highest BCUT2D eigenvalue weighted by atomic mass is 35.5. The van der Waals surface area contributed by atoms with E-state index in [0.29, 0.717) is 29.6 Å². The van der Waals surface area contributed by atoms with Gasteiger partial charge in [-0.05, 0) is 24.1 Å². The van der Waals surface area contributed by atoms with Crippen molar-refractivity contribution in [1.29, 1.82) is 0 Å². The van der Waals surface area contributed by atoms with E-state index in [1.807, 2.05) is 6.07 Å². The molecular formula is C13H14Cl2N2O2. The highest BCUT2D eigenvalue weighted by Crippen LogP contribution is 2.21. The molecule has 1 saturated heterocycles. The number of hydrogen-bond acceptors (Lipinski definition) is 2. The predicted octanol–water partition coefficient (Wildman–Crippen LogP) is 2.72. The highest BCUT2D eigenvalue weighted by Gasteiger charge is 2.28. The van der Waals surface area contributed by atoms with Crippen molar-refractivity contribution in [3.63, 3.8) is 0 Å². The molecule has 0 radical (unpaired) electrons. The molecule has 1 N–H and O–H groups in total. The second-order valence-corrected chi connectivity index (χ2v) is 5.47. The maximum absolute atomic E-state index is 11.7. The van der Waals surface area contributed by atoms with E-state index in [1.54, 1.807) is 24.0 Å². The van der Waals surface area contributed by atoms with Gasteiger partial charge in [-0.1, -0.05) is 36.2 Å². The van der Waals surface area contributed by atoms with Crippen LogP contribution in [-0.4, -0.2) is 29.9 Å². The molecule has 1 fully saturated rings. The summed E-state index contributed by atoms with van der Waals surface area (Å²) in [6.45, 7) is 2.75. The lowest BCUT2D eigenvalue weighted by atomic mass is 10.1. The van der Waals surface area contributed by atoms with Crippen molar-refractivity contribution < 1.29 is 9.59 Å². The molecule has 6 heteroatoms. The van der Waals surface area contributed by atoms with Crippen molar-refractivity contribution in [1.82, 2.24) is 10.2 Å². The van der Waals surface area contributed by atoms with Gasteiger partial charge >= 0.3 is 6.03 Å². The smallest absolute Gasteiger partial charge is 0.323 e. The van der Waals surface area contributed by atoms with Crippen LogP contribution in [0.25, 0.3) is 0 Å². The Morgan fingerprint density at radius 1 is 1.37 bits per heavy atom. The average Bonchev–Trinajstić information content (AvgIpc) is 2.34. The Hall–Kier alpha value is -1.26. The van der Waals surface area contributed by atoms with Crippen LogP contribution >= 0.6 is 23.2 Å². The molecule has 1 aromatic rings. The molecule has 2 rings (SSSR count). The average molecular weight is 301 g/mol. The van der Waals surface area contributed by atoms with Crippen molar-refractivity contribution in [2.45, 2.75) is 13.3 Å². The molecule has 0 aliphatic carbocycles.